The van der Waals surface area contributed by atoms with Crippen LogP contribution in [0.2, 0.25) is 5.02 Å². The zero-order valence-corrected chi connectivity index (χ0v) is 13.0. The van der Waals surface area contributed by atoms with Gasteiger partial charge < -0.3 is 10.1 Å². The Bertz CT molecular complexity index is 566. The number of halogens is 2. The molecule has 1 unspecified atom stereocenters. The van der Waals surface area contributed by atoms with Crippen molar-refractivity contribution in [1.29, 1.82) is 0 Å². The van der Waals surface area contributed by atoms with Gasteiger partial charge in [0.1, 0.15) is 11.6 Å². The minimum atomic E-state index is -0.299. The van der Waals surface area contributed by atoms with Gasteiger partial charge in [-0.25, -0.2) is 4.39 Å². The number of ether oxygens (including phenoxy) is 1. The van der Waals surface area contributed by atoms with Gasteiger partial charge in [-0.05, 0) is 42.8 Å². The fourth-order valence-corrected chi connectivity index (χ4v) is 2.53. The highest BCUT2D eigenvalue weighted by Gasteiger charge is 2.20. The maximum atomic E-state index is 14.2. The Morgan fingerprint density at radius 1 is 1.19 bits per heavy atom. The molecule has 2 aromatic rings. The third-order valence-corrected chi connectivity index (χ3v) is 3.67. The van der Waals surface area contributed by atoms with Gasteiger partial charge in [-0.1, -0.05) is 36.7 Å². The lowest BCUT2D eigenvalue weighted by atomic mass is 9.97. The van der Waals surface area contributed by atoms with Crippen LogP contribution in [0.25, 0.3) is 0 Å². The van der Waals surface area contributed by atoms with Crippen molar-refractivity contribution in [2.75, 3.05) is 13.7 Å². The molecule has 2 nitrogen and oxygen atoms in total. The average molecular weight is 308 g/mol. The number of nitrogens with one attached hydrogen (secondary N) is 1. The molecule has 0 saturated carbocycles. The van der Waals surface area contributed by atoms with Crippen LogP contribution in [0.5, 0.6) is 5.75 Å². The van der Waals surface area contributed by atoms with E-state index in [2.05, 4.69) is 12.2 Å². The molecule has 0 radical (unpaired) electrons. The molecule has 1 N–H and O–H groups in total. The summed E-state index contributed by atoms with van der Waals surface area (Å²) in [5.74, 6) is 0.472. The van der Waals surface area contributed by atoms with Crippen LogP contribution >= 0.6 is 11.6 Å². The van der Waals surface area contributed by atoms with E-state index >= 15 is 0 Å². The summed E-state index contributed by atoms with van der Waals surface area (Å²) in [5.41, 5.74) is 1.44. The van der Waals surface area contributed by atoms with Gasteiger partial charge in [0.25, 0.3) is 0 Å². The first-order valence-electron chi connectivity index (χ1n) is 6.98. The molecule has 0 amide bonds. The van der Waals surface area contributed by atoms with Crippen molar-refractivity contribution in [3.8, 4) is 5.75 Å². The zero-order chi connectivity index (χ0) is 15.2. The van der Waals surface area contributed by atoms with Gasteiger partial charge in [0.05, 0.1) is 13.2 Å². The molecular formula is C17H19ClFNO. The molecule has 0 spiro atoms. The summed E-state index contributed by atoms with van der Waals surface area (Å²) in [7, 11) is 1.62. The number of benzene rings is 2. The van der Waals surface area contributed by atoms with Crippen LogP contribution in [0.4, 0.5) is 4.39 Å². The lowest BCUT2D eigenvalue weighted by molar-refractivity contribution is 0.414. The summed E-state index contributed by atoms with van der Waals surface area (Å²) in [6, 6.07) is 12.1. The Labute approximate surface area is 129 Å². The van der Waals surface area contributed by atoms with E-state index in [4.69, 9.17) is 16.3 Å². The summed E-state index contributed by atoms with van der Waals surface area (Å²) in [5, 5.41) is 3.79. The molecule has 2 rings (SSSR count). The summed E-state index contributed by atoms with van der Waals surface area (Å²) in [6.07, 6.45) is 0.957. The van der Waals surface area contributed by atoms with Crippen LogP contribution in [-0.2, 0) is 0 Å². The van der Waals surface area contributed by atoms with Crippen molar-refractivity contribution in [2.24, 2.45) is 0 Å². The van der Waals surface area contributed by atoms with Crippen molar-refractivity contribution in [3.63, 3.8) is 0 Å². The van der Waals surface area contributed by atoms with Crippen LogP contribution in [0.3, 0.4) is 0 Å². The van der Waals surface area contributed by atoms with Crippen molar-refractivity contribution >= 4 is 11.6 Å². The van der Waals surface area contributed by atoms with E-state index in [1.807, 2.05) is 24.3 Å². The minimum Gasteiger partial charge on any atom is -0.497 e. The summed E-state index contributed by atoms with van der Waals surface area (Å²) < 4.78 is 19.4. The summed E-state index contributed by atoms with van der Waals surface area (Å²) in [4.78, 5) is 0. The van der Waals surface area contributed by atoms with Gasteiger partial charge in [0, 0.05) is 10.6 Å². The predicted octanol–water partition coefficient (Wildman–Crippen LogP) is 4.58. The van der Waals surface area contributed by atoms with Gasteiger partial charge in [0.15, 0.2) is 0 Å². The standard InChI is InChI=1S/C17H19ClFNO/c1-3-11-20-17(12-7-9-13(21-2)10-8-12)16-14(18)5-4-6-15(16)19/h4-10,17,20H,3,11H2,1-2H3. The van der Waals surface area contributed by atoms with Gasteiger partial charge in [-0.15, -0.1) is 0 Å². The Balaban J connectivity index is 2.41. The van der Waals surface area contributed by atoms with Crippen LogP contribution in [0, 0.1) is 5.82 Å². The quantitative estimate of drug-likeness (QED) is 0.843. The fourth-order valence-electron chi connectivity index (χ4n) is 2.26. The van der Waals surface area contributed by atoms with Crippen molar-refractivity contribution in [1.82, 2.24) is 5.32 Å². The third-order valence-electron chi connectivity index (χ3n) is 3.34. The predicted molar refractivity (Wildman–Crippen MR) is 84.5 cm³/mol. The number of hydrogen-bond donors (Lipinski definition) is 1. The smallest absolute Gasteiger partial charge is 0.129 e. The van der Waals surface area contributed by atoms with Crippen molar-refractivity contribution < 1.29 is 9.13 Å². The van der Waals surface area contributed by atoms with Crippen LogP contribution in [-0.4, -0.2) is 13.7 Å². The Kier molecular flexibility index (Phi) is 5.59. The fraction of sp³-hybridized carbons (Fsp3) is 0.294. The molecular weight excluding hydrogens is 289 g/mol. The maximum Gasteiger partial charge on any atom is 0.129 e. The molecule has 0 aromatic heterocycles. The zero-order valence-electron chi connectivity index (χ0n) is 12.2. The second-order valence-electron chi connectivity index (χ2n) is 4.80. The molecule has 0 aliphatic carbocycles. The first-order chi connectivity index (χ1) is 10.2. The van der Waals surface area contributed by atoms with Gasteiger partial charge in [-0.2, -0.15) is 0 Å². The second kappa shape index (κ2) is 7.43. The lowest BCUT2D eigenvalue weighted by Gasteiger charge is -2.21. The second-order valence-corrected chi connectivity index (χ2v) is 5.20. The largest absolute Gasteiger partial charge is 0.497 e. The van der Waals surface area contributed by atoms with Crippen LogP contribution in [0.15, 0.2) is 42.5 Å². The number of methoxy groups -OCH3 is 1. The summed E-state index contributed by atoms with van der Waals surface area (Å²) >= 11 is 6.21. The van der Waals surface area contributed by atoms with E-state index in [-0.39, 0.29) is 11.9 Å². The molecule has 0 aliphatic rings. The highest BCUT2D eigenvalue weighted by molar-refractivity contribution is 6.31. The molecule has 2 aromatic carbocycles. The van der Waals surface area contributed by atoms with Crippen LogP contribution < -0.4 is 10.1 Å². The highest BCUT2D eigenvalue weighted by Crippen LogP contribution is 2.31. The monoisotopic (exact) mass is 307 g/mol. The molecule has 0 saturated heterocycles. The van der Waals surface area contributed by atoms with E-state index in [0.29, 0.717) is 10.6 Å². The normalized spacial score (nSPS) is 12.2. The Morgan fingerprint density at radius 2 is 1.90 bits per heavy atom. The molecule has 21 heavy (non-hydrogen) atoms. The maximum absolute atomic E-state index is 14.2. The van der Waals surface area contributed by atoms with Gasteiger partial charge in [-0.3, -0.25) is 0 Å². The SMILES string of the molecule is CCCNC(c1ccc(OC)cc1)c1c(F)cccc1Cl. The first-order valence-corrected chi connectivity index (χ1v) is 7.36. The summed E-state index contributed by atoms with van der Waals surface area (Å²) in [6.45, 7) is 2.85. The highest BCUT2D eigenvalue weighted by atomic mass is 35.5. The molecule has 0 bridgehead atoms. The molecule has 1 atom stereocenters. The first kappa shape index (κ1) is 15.8. The van der Waals surface area contributed by atoms with Crippen molar-refractivity contribution in [3.05, 3.63) is 64.4 Å². The van der Waals surface area contributed by atoms with Crippen molar-refractivity contribution in [2.45, 2.75) is 19.4 Å². The van der Waals surface area contributed by atoms with Gasteiger partial charge in [0.2, 0.25) is 0 Å². The minimum absolute atomic E-state index is 0.274. The molecule has 4 heteroatoms. The van der Waals surface area contributed by atoms with Gasteiger partial charge >= 0.3 is 0 Å². The third kappa shape index (κ3) is 3.74. The topological polar surface area (TPSA) is 21.3 Å². The molecule has 112 valence electrons. The van der Waals surface area contributed by atoms with E-state index in [9.17, 15) is 4.39 Å². The van der Waals surface area contributed by atoms with E-state index < -0.39 is 0 Å². The number of rotatable bonds is 6. The number of hydrogen-bond acceptors (Lipinski definition) is 2. The Morgan fingerprint density at radius 3 is 2.48 bits per heavy atom. The van der Waals surface area contributed by atoms with E-state index in [1.165, 1.54) is 6.07 Å². The van der Waals surface area contributed by atoms with E-state index in [0.717, 1.165) is 24.3 Å². The molecule has 0 heterocycles. The average Bonchev–Trinajstić information content (AvgIpc) is 2.50. The van der Waals surface area contributed by atoms with E-state index in [1.54, 1.807) is 19.2 Å². The molecule has 0 fully saturated rings. The molecule has 0 aliphatic heterocycles. The lowest BCUT2D eigenvalue weighted by Crippen LogP contribution is -2.24. The van der Waals surface area contributed by atoms with Crippen LogP contribution in [0.1, 0.15) is 30.5 Å². The Hall–Kier alpha value is -1.58.